The van der Waals surface area contributed by atoms with Crippen LogP contribution in [-0.4, -0.2) is 70.0 Å². The van der Waals surface area contributed by atoms with Crippen LogP contribution < -0.4 is 14.2 Å². The van der Waals surface area contributed by atoms with Gasteiger partial charge in [-0.05, 0) is 36.8 Å². The third-order valence-electron chi connectivity index (χ3n) is 4.78. The summed E-state index contributed by atoms with van der Waals surface area (Å²) in [4.78, 5) is 26.3. The number of esters is 1. The second-order valence-electron chi connectivity index (χ2n) is 6.90. The van der Waals surface area contributed by atoms with E-state index in [1.807, 2.05) is 31.2 Å². The van der Waals surface area contributed by atoms with E-state index in [1.54, 1.807) is 17.0 Å². The van der Waals surface area contributed by atoms with Crippen LogP contribution in [0.5, 0.6) is 17.2 Å². The maximum absolute atomic E-state index is 12.3. The van der Waals surface area contributed by atoms with Crippen LogP contribution in [-0.2, 0) is 14.3 Å². The molecule has 0 spiro atoms. The molecule has 166 valence electrons. The molecule has 3 rings (SSSR count). The zero-order chi connectivity index (χ0) is 22.1. The molecule has 0 saturated carbocycles. The Bertz CT molecular complexity index is 893. The van der Waals surface area contributed by atoms with Crippen molar-refractivity contribution in [3.63, 3.8) is 0 Å². The van der Waals surface area contributed by atoms with E-state index < -0.39 is 5.97 Å². The first-order valence-electron chi connectivity index (χ1n) is 10.1. The third kappa shape index (κ3) is 6.36. The molecule has 0 aromatic heterocycles. The van der Waals surface area contributed by atoms with Gasteiger partial charge in [0.05, 0.1) is 25.9 Å². The molecule has 8 nitrogen and oxygen atoms in total. The summed E-state index contributed by atoms with van der Waals surface area (Å²) in [7, 11) is 1.47. The maximum Gasteiger partial charge on any atom is 0.338 e. The molecule has 1 aliphatic rings. The van der Waals surface area contributed by atoms with Gasteiger partial charge in [-0.1, -0.05) is 18.2 Å². The molecule has 0 aliphatic carbocycles. The zero-order valence-corrected chi connectivity index (χ0v) is 17.8. The number of carbonyl (C=O) groups excluding carboxylic acids is 2. The largest absolute Gasteiger partial charge is 0.493 e. The molecule has 1 fully saturated rings. The number of aryl methyl sites for hydroxylation is 1. The molecule has 1 heterocycles. The topological polar surface area (TPSA) is 83.5 Å². The minimum absolute atomic E-state index is 0.113. The monoisotopic (exact) mass is 429 g/mol. The van der Waals surface area contributed by atoms with Crippen molar-refractivity contribution in [1.82, 2.24) is 4.90 Å². The Hall–Kier alpha value is -3.26. The molecule has 1 saturated heterocycles. The van der Waals surface area contributed by atoms with Crippen LogP contribution in [0.4, 0.5) is 0 Å². The van der Waals surface area contributed by atoms with Crippen LogP contribution in [0.15, 0.2) is 42.5 Å². The van der Waals surface area contributed by atoms with Crippen LogP contribution in [0.25, 0.3) is 0 Å². The van der Waals surface area contributed by atoms with E-state index in [0.29, 0.717) is 43.4 Å². The van der Waals surface area contributed by atoms with Crippen LogP contribution in [0.1, 0.15) is 15.9 Å². The molecule has 0 N–H and O–H groups in total. The van der Waals surface area contributed by atoms with Crippen LogP contribution in [0, 0.1) is 6.92 Å². The highest BCUT2D eigenvalue weighted by atomic mass is 16.6. The second kappa shape index (κ2) is 11.2. The Morgan fingerprint density at radius 2 is 1.74 bits per heavy atom. The minimum Gasteiger partial charge on any atom is -0.493 e. The number of amides is 1. The molecule has 0 unspecified atom stereocenters. The zero-order valence-electron chi connectivity index (χ0n) is 17.8. The highest BCUT2D eigenvalue weighted by molar-refractivity contribution is 5.90. The van der Waals surface area contributed by atoms with Crippen molar-refractivity contribution in [1.29, 1.82) is 0 Å². The van der Waals surface area contributed by atoms with E-state index in [2.05, 4.69) is 0 Å². The Labute approximate surface area is 181 Å². The Balaban J connectivity index is 1.49. The van der Waals surface area contributed by atoms with Crippen LogP contribution in [0.3, 0.4) is 0 Å². The van der Waals surface area contributed by atoms with Gasteiger partial charge in [-0.2, -0.15) is 0 Å². The first kappa shape index (κ1) is 22.4. The number of ether oxygens (including phenoxy) is 5. The lowest BCUT2D eigenvalue weighted by Gasteiger charge is -2.26. The van der Waals surface area contributed by atoms with Crippen molar-refractivity contribution in [3.8, 4) is 17.2 Å². The summed E-state index contributed by atoms with van der Waals surface area (Å²) in [5, 5.41) is 0. The normalized spacial score (nSPS) is 13.4. The molecule has 8 heteroatoms. The molecule has 2 aromatic rings. The SMILES string of the molecule is COc1cc(C(=O)OCCOc2ccccc2C)ccc1OCC(=O)N1CCOCC1. The number of benzene rings is 2. The lowest BCUT2D eigenvalue weighted by molar-refractivity contribution is -0.137. The summed E-state index contributed by atoms with van der Waals surface area (Å²) in [6, 6.07) is 12.3. The van der Waals surface area contributed by atoms with Crippen molar-refractivity contribution in [3.05, 3.63) is 53.6 Å². The summed E-state index contributed by atoms with van der Waals surface area (Å²) >= 11 is 0. The van der Waals surface area contributed by atoms with Crippen LogP contribution in [0.2, 0.25) is 0 Å². The third-order valence-corrected chi connectivity index (χ3v) is 4.78. The number of hydrogen-bond donors (Lipinski definition) is 0. The van der Waals surface area contributed by atoms with Crippen molar-refractivity contribution in [2.75, 3.05) is 53.2 Å². The molecular weight excluding hydrogens is 402 g/mol. The standard InChI is InChI=1S/C23H27NO7/c1-17-5-3-4-6-19(17)29-13-14-30-23(26)18-7-8-20(21(15-18)27-2)31-16-22(25)24-9-11-28-12-10-24/h3-8,15H,9-14,16H2,1-2H3. The van der Waals surface area contributed by atoms with E-state index >= 15 is 0 Å². The van der Waals surface area contributed by atoms with E-state index in [-0.39, 0.29) is 25.7 Å². The highest BCUT2D eigenvalue weighted by Crippen LogP contribution is 2.28. The number of hydrogen-bond acceptors (Lipinski definition) is 7. The molecule has 31 heavy (non-hydrogen) atoms. The smallest absolute Gasteiger partial charge is 0.338 e. The molecule has 0 radical (unpaired) electrons. The minimum atomic E-state index is -0.498. The van der Waals surface area contributed by atoms with Gasteiger partial charge in [0.25, 0.3) is 5.91 Å². The predicted octanol–water partition coefficient (Wildman–Crippen LogP) is 2.48. The van der Waals surface area contributed by atoms with Crippen molar-refractivity contribution < 1.29 is 33.3 Å². The van der Waals surface area contributed by atoms with Gasteiger partial charge in [0, 0.05) is 13.1 Å². The summed E-state index contributed by atoms with van der Waals surface area (Å²) in [5.74, 6) is 0.863. The summed E-state index contributed by atoms with van der Waals surface area (Å²) in [6.07, 6.45) is 0. The lowest BCUT2D eigenvalue weighted by Crippen LogP contribution is -2.43. The Kier molecular flexibility index (Phi) is 8.12. The number of nitrogens with zero attached hydrogens (tertiary/aromatic N) is 1. The Morgan fingerprint density at radius 3 is 2.48 bits per heavy atom. The number of para-hydroxylation sites is 1. The summed E-state index contributed by atoms with van der Waals surface area (Å²) < 4.78 is 27.1. The average molecular weight is 429 g/mol. The number of morpholine rings is 1. The van der Waals surface area contributed by atoms with E-state index in [0.717, 1.165) is 11.3 Å². The van der Waals surface area contributed by atoms with Gasteiger partial charge in [-0.25, -0.2) is 4.79 Å². The van der Waals surface area contributed by atoms with Gasteiger partial charge in [-0.15, -0.1) is 0 Å². The number of rotatable bonds is 9. The van der Waals surface area contributed by atoms with Gasteiger partial charge in [0.1, 0.15) is 19.0 Å². The fourth-order valence-electron chi connectivity index (χ4n) is 3.05. The molecular formula is C23H27NO7. The summed E-state index contributed by atoms with van der Waals surface area (Å²) in [6.45, 7) is 4.36. The van der Waals surface area contributed by atoms with E-state index in [1.165, 1.54) is 13.2 Å². The lowest BCUT2D eigenvalue weighted by atomic mass is 10.2. The van der Waals surface area contributed by atoms with Crippen molar-refractivity contribution >= 4 is 11.9 Å². The molecule has 1 amide bonds. The second-order valence-corrected chi connectivity index (χ2v) is 6.90. The van der Waals surface area contributed by atoms with E-state index in [9.17, 15) is 9.59 Å². The molecule has 1 aliphatic heterocycles. The van der Waals surface area contributed by atoms with Crippen LogP contribution >= 0.6 is 0 Å². The van der Waals surface area contributed by atoms with Gasteiger partial charge in [0.2, 0.25) is 0 Å². The molecule has 2 aromatic carbocycles. The highest BCUT2D eigenvalue weighted by Gasteiger charge is 2.19. The number of carbonyl (C=O) groups is 2. The van der Waals surface area contributed by atoms with E-state index in [4.69, 9.17) is 23.7 Å². The first-order valence-corrected chi connectivity index (χ1v) is 10.1. The molecule has 0 bridgehead atoms. The first-order chi connectivity index (χ1) is 15.1. The quantitative estimate of drug-likeness (QED) is 0.447. The maximum atomic E-state index is 12.3. The Morgan fingerprint density at radius 1 is 0.968 bits per heavy atom. The van der Waals surface area contributed by atoms with Gasteiger partial charge in [0.15, 0.2) is 18.1 Å². The van der Waals surface area contributed by atoms with Gasteiger partial charge < -0.3 is 28.6 Å². The fraction of sp³-hybridized carbons (Fsp3) is 0.391. The van der Waals surface area contributed by atoms with Crippen molar-refractivity contribution in [2.45, 2.75) is 6.92 Å². The fourth-order valence-corrected chi connectivity index (χ4v) is 3.05. The summed E-state index contributed by atoms with van der Waals surface area (Å²) in [5.41, 5.74) is 1.33. The average Bonchev–Trinajstić information content (AvgIpc) is 2.81. The van der Waals surface area contributed by atoms with Gasteiger partial charge >= 0.3 is 5.97 Å². The predicted molar refractivity (Wildman–Crippen MR) is 113 cm³/mol. The molecule has 0 atom stereocenters. The van der Waals surface area contributed by atoms with Crippen molar-refractivity contribution in [2.24, 2.45) is 0 Å². The van der Waals surface area contributed by atoms with Gasteiger partial charge in [-0.3, -0.25) is 4.79 Å². The number of methoxy groups -OCH3 is 1.